The Morgan fingerprint density at radius 3 is 2.11 bits per heavy atom. The highest BCUT2D eigenvalue weighted by atomic mass is 31.2. The van der Waals surface area contributed by atoms with Crippen molar-refractivity contribution in [3.63, 3.8) is 0 Å². The van der Waals surface area contributed by atoms with Gasteiger partial charge in [-0.05, 0) is 43.2 Å². The van der Waals surface area contributed by atoms with Crippen molar-refractivity contribution in [2.45, 2.75) is 122 Å². The third-order valence-electron chi connectivity index (χ3n) is 11.0. The fourth-order valence-electron chi connectivity index (χ4n) is 5.61. The summed E-state index contributed by atoms with van der Waals surface area (Å²) >= 11 is 0. The number of nitrogens with two attached hydrogens (primary N) is 2. The van der Waals surface area contributed by atoms with Gasteiger partial charge in [-0.15, -0.1) is 0 Å². The third-order valence-corrected chi connectivity index (χ3v) is 22.1. The second-order valence-electron chi connectivity index (χ2n) is 17.1. The van der Waals surface area contributed by atoms with E-state index in [-0.39, 0.29) is 47.8 Å². The van der Waals surface area contributed by atoms with Gasteiger partial charge in [-0.1, -0.05) is 41.5 Å². The van der Waals surface area contributed by atoms with E-state index in [9.17, 15) is 4.79 Å². The summed E-state index contributed by atoms with van der Waals surface area (Å²) in [5.74, 6) is -0.165. The summed E-state index contributed by atoms with van der Waals surface area (Å²) in [4.78, 5) is 38.4. The third kappa shape index (κ3) is 9.31. The second kappa shape index (κ2) is 16.5. The van der Waals surface area contributed by atoms with E-state index in [4.69, 9.17) is 39.1 Å². The first-order valence-corrected chi connectivity index (χ1v) is 26.1. The lowest BCUT2D eigenvalue weighted by molar-refractivity contribution is -0.142. The van der Waals surface area contributed by atoms with E-state index >= 15 is 4.57 Å². The second-order valence-corrected chi connectivity index (χ2v) is 28.9. The minimum Gasteiger partial charge on any atom is -0.468 e. The number of rotatable bonds is 16. The molecular formula is C34H58N11O8PSi2. The summed E-state index contributed by atoms with van der Waals surface area (Å²) in [6, 6.07) is -1.000. The van der Waals surface area contributed by atoms with Crippen LogP contribution in [0.1, 0.15) is 54.7 Å². The number of methoxy groups -OCH3 is 1. The molecule has 4 aromatic heterocycles. The largest absolute Gasteiger partial charge is 0.468 e. The summed E-state index contributed by atoms with van der Waals surface area (Å²) in [7, 11) is -7.67. The lowest BCUT2D eigenvalue weighted by Crippen LogP contribution is -2.50. The van der Waals surface area contributed by atoms with Crippen LogP contribution in [0.25, 0.3) is 22.3 Å². The van der Waals surface area contributed by atoms with Gasteiger partial charge in [0.1, 0.15) is 54.8 Å². The molecule has 19 nitrogen and oxygen atoms in total. The van der Waals surface area contributed by atoms with Gasteiger partial charge in [-0.2, -0.15) is 0 Å². The number of esters is 1. The number of imidazole rings is 2. The zero-order valence-corrected chi connectivity index (χ0v) is 37.4. The molecule has 4 aromatic rings. The van der Waals surface area contributed by atoms with Crippen LogP contribution in [0.5, 0.6) is 0 Å². The molecule has 0 aromatic carbocycles. The highest BCUT2D eigenvalue weighted by Crippen LogP contribution is 2.51. The van der Waals surface area contributed by atoms with Crippen LogP contribution < -0.4 is 16.6 Å². The molecule has 0 saturated carbocycles. The minimum atomic E-state index is -4.00. The molecule has 1 fully saturated rings. The number of carbonyl (C=O) groups excluding carboxylic acids is 1. The van der Waals surface area contributed by atoms with Crippen LogP contribution in [0.15, 0.2) is 25.3 Å². The standard InChI is InChI=1S/C34H58N11O8PSi2/c1-21(32(46)48-8)43-54(47,14-13-49-20-44-18-41-23-27(35)37-16-39-29(23)44)52-25-22(15-50-55(9,10)33(2,3)4)51-31(26(25)53-56(11,12)34(5,6)7)45-19-42-24-28(36)38-17-40-30(24)45/h16-19,21-22,25-26,31H,13-15,20H2,1-12H3,(H,43,47)(H2,35,37,39)(H2,36,38,40)/t21-,22+,25+,26-,31+,54?/m0/s1. The molecule has 0 amide bonds. The fourth-order valence-corrected chi connectivity index (χ4v) is 9.92. The number of nitrogens with one attached hydrogen (secondary N) is 1. The molecule has 6 atom stereocenters. The number of carbonyl (C=O) groups is 1. The number of hydrogen-bond donors (Lipinski definition) is 3. The summed E-state index contributed by atoms with van der Waals surface area (Å²) < 4.78 is 57.2. The van der Waals surface area contributed by atoms with E-state index in [0.717, 1.165) is 0 Å². The predicted molar refractivity (Wildman–Crippen MR) is 217 cm³/mol. The molecule has 0 radical (unpaired) electrons. The maximum atomic E-state index is 15.2. The fraction of sp³-hybridized carbons (Fsp3) is 0.676. The average Bonchev–Trinajstić information content (AvgIpc) is 3.81. The van der Waals surface area contributed by atoms with Gasteiger partial charge in [-0.3, -0.25) is 18.5 Å². The van der Waals surface area contributed by atoms with Crippen LogP contribution in [-0.4, -0.2) is 112 Å². The smallest absolute Gasteiger partial charge is 0.323 e. The Labute approximate surface area is 329 Å². The van der Waals surface area contributed by atoms with Gasteiger partial charge in [0.15, 0.2) is 45.8 Å². The van der Waals surface area contributed by atoms with Crippen LogP contribution in [0, 0.1) is 0 Å². The van der Waals surface area contributed by atoms with E-state index in [1.54, 1.807) is 22.4 Å². The number of nitrogen functional groups attached to an aromatic ring is 2. The molecule has 0 aliphatic carbocycles. The molecule has 5 rings (SSSR count). The van der Waals surface area contributed by atoms with E-state index < -0.39 is 60.7 Å². The Bertz CT molecular complexity index is 2050. The predicted octanol–water partition coefficient (Wildman–Crippen LogP) is 4.84. The summed E-state index contributed by atoms with van der Waals surface area (Å²) in [6.07, 6.45) is 2.23. The summed E-state index contributed by atoms with van der Waals surface area (Å²) in [5, 5.41) is 2.61. The topological polar surface area (TPSA) is 241 Å². The van der Waals surface area contributed by atoms with Crippen LogP contribution >= 0.6 is 7.52 Å². The molecule has 0 bridgehead atoms. The van der Waals surface area contributed by atoms with Crippen molar-refractivity contribution in [2.75, 3.05) is 38.0 Å². The van der Waals surface area contributed by atoms with Crippen LogP contribution in [0.2, 0.25) is 36.3 Å². The normalized spacial score (nSPS) is 21.4. The number of hydrogen-bond acceptors (Lipinski definition) is 16. The van der Waals surface area contributed by atoms with E-state index in [2.05, 4.69) is 103 Å². The molecule has 22 heteroatoms. The first kappa shape index (κ1) is 43.7. The number of anilines is 2. The number of aromatic nitrogens is 8. The molecule has 5 heterocycles. The van der Waals surface area contributed by atoms with Gasteiger partial charge in [0.05, 0.1) is 39.1 Å². The summed E-state index contributed by atoms with van der Waals surface area (Å²) in [5.41, 5.74) is 13.9. The minimum absolute atomic E-state index is 0.0207. The lowest BCUT2D eigenvalue weighted by atomic mass is 10.1. The van der Waals surface area contributed by atoms with Crippen molar-refractivity contribution < 1.29 is 36.9 Å². The van der Waals surface area contributed by atoms with Crippen molar-refractivity contribution in [3.05, 3.63) is 25.3 Å². The van der Waals surface area contributed by atoms with Gasteiger partial charge in [0.25, 0.3) is 7.52 Å². The lowest BCUT2D eigenvalue weighted by Gasteiger charge is -2.41. The van der Waals surface area contributed by atoms with Gasteiger partial charge >= 0.3 is 5.97 Å². The molecule has 1 saturated heterocycles. The molecule has 1 unspecified atom stereocenters. The Morgan fingerprint density at radius 1 is 0.911 bits per heavy atom. The van der Waals surface area contributed by atoms with Crippen LogP contribution in [0.4, 0.5) is 11.6 Å². The van der Waals surface area contributed by atoms with Gasteiger partial charge in [0, 0.05) is 0 Å². The Hall–Kier alpha value is -3.41. The van der Waals surface area contributed by atoms with Gasteiger partial charge in [-0.25, -0.2) is 35.0 Å². The monoisotopic (exact) mass is 835 g/mol. The Balaban J connectivity index is 1.54. The summed E-state index contributed by atoms with van der Waals surface area (Å²) in [6.45, 7) is 23.0. The van der Waals surface area contributed by atoms with Crippen molar-refractivity contribution in [2.24, 2.45) is 0 Å². The molecule has 310 valence electrons. The maximum Gasteiger partial charge on any atom is 0.323 e. The SMILES string of the molecule is COC(=O)[C@H](C)NP(=O)(CCOCn1cnc2c(N)ncnc21)O[C@H]1[C@H](O[Si](C)(C)C(C)(C)C)[C@H](n2cnc3c(N)ncnc32)O[C@@H]1CO[Si](C)(C)C(C)(C)C. The quantitative estimate of drug-likeness (QED) is 0.0592. The zero-order chi connectivity index (χ0) is 41.4. The van der Waals surface area contributed by atoms with Crippen molar-refractivity contribution in [1.29, 1.82) is 0 Å². The highest BCUT2D eigenvalue weighted by Gasteiger charge is 2.54. The number of nitrogens with zero attached hydrogens (tertiary/aromatic N) is 8. The van der Waals surface area contributed by atoms with E-state index in [1.165, 1.54) is 26.1 Å². The van der Waals surface area contributed by atoms with Gasteiger partial charge < -0.3 is 39.1 Å². The average molecular weight is 836 g/mol. The number of ether oxygens (including phenoxy) is 3. The molecular weight excluding hydrogens is 778 g/mol. The van der Waals surface area contributed by atoms with E-state index in [0.29, 0.717) is 22.3 Å². The molecule has 1 aliphatic heterocycles. The molecule has 0 spiro atoms. The Kier molecular flexibility index (Phi) is 12.8. The maximum absolute atomic E-state index is 15.2. The molecule has 5 N–H and O–H groups in total. The van der Waals surface area contributed by atoms with E-state index in [1.807, 2.05) is 0 Å². The molecule has 1 aliphatic rings. The van der Waals surface area contributed by atoms with Crippen molar-refractivity contribution in [3.8, 4) is 0 Å². The van der Waals surface area contributed by atoms with Crippen LogP contribution in [-0.2, 0) is 43.7 Å². The first-order valence-electron chi connectivity index (χ1n) is 18.5. The number of fused-ring (bicyclic) bond motifs is 2. The van der Waals surface area contributed by atoms with Gasteiger partial charge in [0.2, 0.25) is 0 Å². The Morgan fingerprint density at radius 2 is 1.50 bits per heavy atom. The highest BCUT2D eigenvalue weighted by molar-refractivity contribution is 7.57. The van der Waals surface area contributed by atoms with Crippen molar-refractivity contribution >= 4 is 64.1 Å². The molecule has 56 heavy (non-hydrogen) atoms. The zero-order valence-electron chi connectivity index (χ0n) is 34.5. The van der Waals surface area contributed by atoms with Crippen LogP contribution in [0.3, 0.4) is 0 Å². The van der Waals surface area contributed by atoms with Crippen molar-refractivity contribution in [1.82, 2.24) is 44.1 Å². The first-order chi connectivity index (χ1) is 26.0.